The van der Waals surface area contributed by atoms with Gasteiger partial charge in [-0.05, 0) is 45.1 Å². The Morgan fingerprint density at radius 3 is 2.89 bits per heavy atom. The highest BCUT2D eigenvalue weighted by molar-refractivity contribution is 9.10. The number of phenols is 1. The lowest BCUT2D eigenvalue weighted by atomic mass is 10.2. The van der Waals surface area contributed by atoms with Crippen LogP contribution in [0.25, 0.3) is 0 Å². The topological polar surface area (TPSA) is 41.5 Å². The molecule has 18 heavy (non-hydrogen) atoms. The normalized spacial score (nSPS) is 10.6. The van der Waals surface area contributed by atoms with Crippen LogP contribution in [-0.4, -0.2) is 12.2 Å². The largest absolute Gasteiger partial charge is 0.503 e. The van der Waals surface area contributed by atoms with Crippen molar-refractivity contribution in [2.24, 2.45) is 0 Å². The number of halogens is 1. The fraction of sp³-hybridized carbons (Fsp3) is 0.231. The van der Waals surface area contributed by atoms with Gasteiger partial charge in [0.05, 0.1) is 11.6 Å². The fourth-order valence-corrected chi connectivity index (χ4v) is 2.79. The van der Waals surface area contributed by atoms with Crippen molar-refractivity contribution < 1.29 is 9.84 Å². The maximum atomic E-state index is 9.71. The number of rotatable bonds is 5. The average molecular weight is 328 g/mol. The zero-order valence-electron chi connectivity index (χ0n) is 9.94. The Labute approximate surface area is 119 Å². The lowest BCUT2D eigenvalue weighted by Crippen LogP contribution is -2.11. The van der Waals surface area contributed by atoms with Gasteiger partial charge in [-0.25, -0.2) is 0 Å². The Morgan fingerprint density at radius 2 is 2.22 bits per heavy atom. The zero-order chi connectivity index (χ0) is 13.0. The minimum atomic E-state index is 0.138. The quantitative estimate of drug-likeness (QED) is 0.882. The molecule has 0 radical (unpaired) electrons. The molecule has 0 bridgehead atoms. The predicted octanol–water partition coefficient (Wildman–Crippen LogP) is 3.51. The van der Waals surface area contributed by atoms with Crippen molar-refractivity contribution in [2.75, 3.05) is 7.11 Å². The van der Waals surface area contributed by atoms with Gasteiger partial charge in [-0.15, -0.1) is 11.3 Å². The summed E-state index contributed by atoms with van der Waals surface area (Å²) >= 11 is 5.05. The number of methoxy groups -OCH3 is 1. The second-order valence-corrected chi connectivity index (χ2v) is 5.70. The van der Waals surface area contributed by atoms with Crippen LogP contribution in [0.4, 0.5) is 0 Å². The molecule has 0 saturated carbocycles. The molecule has 0 spiro atoms. The molecule has 1 aromatic heterocycles. The zero-order valence-corrected chi connectivity index (χ0v) is 12.3. The van der Waals surface area contributed by atoms with Crippen LogP contribution in [-0.2, 0) is 13.1 Å². The summed E-state index contributed by atoms with van der Waals surface area (Å²) in [6.07, 6.45) is 0. The van der Waals surface area contributed by atoms with Gasteiger partial charge in [-0.1, -0.05) is 6.07 Å². The van der Waals surface area contributed by atoms with Crippen molar-refractivity contribution in [3.63, 3.8) is 0 Å². The molecule has 0 unspecified atom stereocenters. The first-order valence-electron chi connectivity index (χ1n) is 5.49. The third kappa shape index (κ3) is 3.25. The van der Waals surface area contributed by atoms with E-state index in [0.29, 0.717) is 10.2 Å². The number of hydrogen-bond donors (Lipinski definition) is 2. The fourth-order valence-electron chi connectivity index (χ4n) is 1.63. The Kier molecular flexibility index (Phi) is 4.63. The monoisotopic (exact) mass is 327 g/mol. The van der Waals surface area contributed by atoms with Crippen molar-refractivity contribution in [3.05, 3.63) is 44.6 Å². The summed E-state index contributed by atoms with van der Waals surface area (Å²) in [5.41, 5.74) is 1.06. The van der Waals surface area contributed by atoms with Gasteiger partial charge in [0.2, 0.25) is 0 Å². The average Bonchev–Trinajstić information content (AvgIpc) is 2.86. The predicted molar refractivity (Wildman–Crippen MR) is 77.2 cm³/mol. The van der Waals surface area contributed by atoms with E-state index in [4.69, 9.17) is 4.74 Å². The van der Waals surface area contributed by atoms with Gasteiger partial charge in [0.15, 0.2) is 11.5 Å². The second kappa shape index (κ2) is 6.22. The van der Waals surface area contributed by atoms with E-state index >= 15 is 0 Å². The van der Waals surface area contributed by atoms with Gasteiger partial charge in [0.1, 0.15) is 0 Å². The summed E-state index contributed by atoms with van der Waals surface area (Å²) in [5, 5.41) is 15.1. The molecule has 3 nitrogen and oxygen atoms in total. The van der Waals surface area contributed by atoms with E-state index in [1.807, 2.05) is 18.2 Å². The minimum absolute atomic E-state index is 0.138. The van der Waals surface area contributed by atoms with Gasteiger partial charge in [0, 0.05) is 18.0 Å². The summed E-state index contributed by atoms with van der Waals surface area (Å²) in [6, 6.07) is 7.87. The molecule has 0 fully saturated rings. The molecule has 2 N–H and O–H groups in total. The molecular formula is C13H14BrNO2S. The molecular weight excluding hydrogens is 314 g/mol. The van der Waals surface area contributed by atoms with Gasteiger partial charge in [-0.3, -0.25) is 0 Å². The van der Waals surface area contributed by atoms with Gasteiger partial charge in [0.25, 0.3) is 0 Å². The van der Waals surface area contributed by atoms with E-state index in [1.165, 1.54) is 4.88 Å². The highest BCUT2D eigenvalue weighted by atomic mass is 79.9. The van der Waals surface area contributed by atoms with E-state index in [-0.39, 0.29) is 5.75 Å². The van der Waals surface area contributed by atoms with Crippen molar-refractivity contribution in [3.8, 4) is 11.5 Å². The minimum Gasteiger partial charge on any atom is -0.503 e. The molecule has 0 amide bonds. The standard InChI is InChI=1S/C13H14BrNO2S/c1-17-12-6-9(5-11(14)13(12)16)7-15-8-10-3-2-4-18-10/h2-6,15-16H,7-8H2,1H3. The first kappa shape index (κ1) is 13.4. The Bertz CT molecular complexity index is 514. The number of nitrogens with one attached hydrogen (secondary N) is 1. The van der Waals surface area contributed by atoms with Crippen LogP contribution in [0, 0.1) is 0 Å². The lowest BCUT2D eigenvalue weighted by molar-refractivity contribution is 0.371. The van der Waals surface area contributed by atoms with E-state index in [2.05, 4.69) is 32.7 Å². The second-order valence-electron chi connectivity index (χ2n) is 3.81. The van der Waals surface area contributed by atoms with Crippen LogP contribution >= 0.6 is 27.3 Å². The van der Waals surface area contributed by atoms with Crippen LogP contribution in [0.1, 0.15) is 10.4 Å². The molecule has 5 heteroatoms. The van der Waals surface area contributed by atoms with Crippen LogP contribution in [0.5, 0.6) is 11.5 Å². The number of thiophene rings is 1. The summed E-state index contributed by atoms with van der Waals surface area (Å²) < 4.78 is 5.76. The van der Waals surface area contributed by atoms with Crippen LogP contribution in [0.2, 0.25) is 0 Å². The maximum absolute atomic E-state index is 9.71. The smallest absolute Gasteiger partial charge is 0.172 e. The van der Waals surface area contributed by atoms with Crippen molar-refractivity contribution in [1.29, 1.82) is 0 Å². The molecule has 2 aromatic rings. The molecule has 96 valence electrons. The van der Waals surface area contributed by atoms with Crippen LogP contribution in [0.15, 0.2) is 34.1 Å². The summed E-state index contributed by atoms with van der Waals surface area (Å²) in [4.78, 5) is 1.31. The van der Waals surface area contributed by atoms with Gasteiger partial charge in [-0.2, -0.15) is 0 Å². The number of phenolic OH excluding ortho intramolecular Hbond substituents is 1. The van der Waals surface area contributed by atoms with E-state index in [9.17, 15) is 5.11 Å². The van der Waals surface area contributed by atoms with Crippen molar-refractivity contribution in [2.45, 2.75) is 13.1 Å². The highest BCUT2D eigenvalue weighted by Gasteiger charge is 2.08. The summed E-state index contributed by atoms with van der Waals surface area (Å²) in [5.74, 6) is 0.622. The summed E-state index contributed by atoms with van der Waals surface area (Å²) in [7, 11) is 1.55. The van der Waals surface area contributed by atoms with Crippen LogP contribution in [0.3, 0.4) is 0 Å². The molecule has 2 rings (SSSR count). The molecule has 0 saturated heterocycles. The lowest BCUT2D eigenvalue weighted by Gasteiger charge is -2.09. The third-order valence-corrected chi connectivity index (χ3v) is 4.00. The first-order valence-corrected chi connectivity index (χ1v) is 7.16. The Balaban J connectivity index is 1.99. The highest BCUT2D eigenvalue weighted by Crippen LogP contribution is 2.35. The molecule has 0 aliphatic heterocycles. The number of hydrogen-bond acceptors (Lipinski definition) is 4. The van der Waals surface area contributed by atoms with Gasteiger partial charge < -0.3 is 15.2 Å². The molecule has 0 atom stereocenters. The molecule has 0 aliphatic carbocycles. The number of aromatic hydroxyl groups is 1. The molecule has 1 aromatic carbocycles. The SMILES string of the molecule is COc1cc(CNCc2cccs2)cc(Br)c1O. The number of benzene rings is 1. The van der Waals surface area contributed by atoms with Crippen molar-refractivity contribution >= 4 is 27.3 Å². The third-order valence-electron chi connectivity index (χ3n) is 2.52. The Morgan fingerprint density at radius 1 is 1.39 bits per heavy atom. The van der Waals surface area contributed by atoms with E-state index < -0.39 is 0 Å². The van der Waals surface area contributed by atoms with Crippen LogP contribution < -0.4 is 10.1 Å². The van der Waals surface area contributed by atoms with Crippen molar-refractivity contribution in [1.82, 2.24) is 5.32 Å². The molecule has 0 aliphatic rings. The molecule has 1 heterocycles. The summed E-state index contributed by atoms with van der Waals surface area (Å²) in [6.45, 7) is 1.58. The maximum Gasteiger partial charge on any atom is 0.172 e. The van der Waals surface area contributed by atoms with E-state index in [1.54, 1.807) is 18.4 Å². The first-order chi connectivity index (χ1) is 8.70. The Hall–Kier alpha value is -1.04. The van der Waals surface area contributed by atoms with E-state index in [0.717, 1.165) is 18.7 Å². The number of ether oxygens (including phenoxy) is 1. The van der Waals surface area contributed by atoms with Gasteiger partial charge >= 0.3 is 0 Å².